The Morgan fingerprint density at radius 3 is 1.40 bits per heavy atom. The molecule has 0 saturated carbocycles. The van der Waals surface area contributed by atoms with Crippen LogP contribution in [0.15, 0.2) is 182 Å². The van der Waals surface area contributed by atoms with Gasteiger partial charge in [0.15, 0.2) is 0 Å². The number of hydrogen-bond donors (Lipinski definition) is 1. The van der Waals surface area contributed by atoms with Gasteiger partial charge >= 0.3 is 0 Å². The van der Waals surface area contributed by atoms with Gasteiger partial charge in [0, 0.05) is 5.69 Å². The Labute approximate surface area is 306 Å². The first kappa shape index (κ1) is 31.8. The van der Waals surface area contributed by atoms with Crippen molar-refractivity contribution in [1.29, 1.82) is 0 Å². The lowest BCUT2D eigenvalue weighted by atomic mass is 9.83. The van der Waals surface area contributed by atoms with Crippen LogP contribution in [0.1, 0.15) is 32.3 Å². The smallest absolute Gasteiger partial charge is 0.0620 e. The Kier molecular flexibility index (Phi) is 8.05. The Balaban J connectivity index is 0.990. The summed E-state index contributed by atoms with van der Waals surface area (Å²) in [6, 6.07) is 66.9. The first-order valence-electron chi connectivity index (χ1n) is 18.5. The van der Waals surface area contributed by atoms with Gasteiger partial charge in [0.1, 0.15) is 0 Å². The highest BCUT2D eigenvalue weighted by Gasteiger charge is 2.28. The van der Waals surface area contributed by atoms with E-state index >= 15 is 0 Å². The molecule has 250 valence electrons. The molecule has 9 aromatic rings. The number of fused-ring (bicyclic) bond motifs is 5. The summed E-state index contributed by atoms with van der Waals surface area (Å²) in [5.74, 6) is 0. The molecule has 1 nitrogen and oxygen atoms in total. The van der Waals surface area contributed by atoms with Gasteiger partial charge in [-0.2, -0.15) is 0 Å². The second-order valence-corrected chi connectivity index (χ2v) is 14.0. The fraction of sp³-hybridized carbons (Fsp3) is 0.0980. The van der Waals surface area contributed by atoms with Crippen LogP contribution in [0, 0.1) is 0 Å². The van der Waals surface area contributed by atoms with E-state index in [0.717, 1.165) is 18.5 Å². The van der Waals surface area contributed by atoms with Gasteiger partial charge in [0.2, 0.25) is 0 Å². The third-order valence-corrected chi connectivity index (χ3v) is 11.3. The van der Waals surface area contributed by atoms with Crippen LogP contribution in [0.5, 0.6) is 0 Å². The largest absolute Gasteiger partial charge is 0.376 e. The van der Waals surface area contributed by atoms with Gasteiger partial charge in [-0.25, -0.2) is 0 Å². The summed E-state index contributed by atoms with van der Waals surface area (Å²) in [6.45, 7) is 4.57. The standard InChI is InChI=1S/C51H41N/c1-3-51(4-2,52-43-31-27-37(28-32-43)49-34-41-15-5-8-16-44(41)47-19-11-12-20-48(47)49)42-29-25-36(26-30-42)35-21-23-38(24-22-35)50-45-17-9-6-13-39(45)33-40-14-7-10-18-46(40)50/h5-34,52H,3-4H2,1-2H3. The predicted octanol–water partition coefficient (Wildman–Crippen LogP) is 14.4. The molecule has 1 heteroatoms. The molecule has 0 saturated heterocycles. The molecule has 0 heterocycles. The zero-order valence-electron chi connectivity index (χ0n) is 29.7. The molecular weight excluding hydrogens is 627 g/mol. The van der Waals surface area contributed by atoms with Crippen LogP contribution in [-0.2, 0) is 5.54 Å². The molecule has 0 aliphatic carbocycles. The molecule has 0 fully saturated rings. The SMILES string of the molecule is CCC(CC)(Nc1ccc(-c2cc3ccccc3c3ccccc23)cc1)c1ccc(-c2ccc(-c3c4ccccc4cc4ccccc34)cc2)cc1. The van der Waals surface area contributed by atoms with Crippen molar-refractivity contribution in [3.63, 3.8) is 0 Å². The summed E-state index contributed by atoms with van der Waals surface area (Å²) in [4.78, 5) is 0. The Morgan fingerprint density at radius 2 is 0.827 bits per heavy atom. The molecule has 52 heavy (non-hydrogen) atoms. The highest BCUT2D eigenvalue weighted by molar-refractivity contribution is 6.14. The molecule has 9 rings (SSSR count). The van der Waals surface area contributed by atoms with E-state index in [4.69, 9.17) is 0 Å². The average Bonchev–Trinajstić information content (AvgIpc) is 3.22. The number of benzene rings is 9. The van der Waals surface area contributed by atoms with Crippen molar-refractivity contribution in [3.05, 3.63) is 188 Å². The zero-order chi connectivity index (χ0) is 35.1. The van der Waals surface area contributed by atoms with Gasteiger partial charge in [-0.3, -0.25) is 0 Å². The van der Waals surface area contributed by atoms with Crippen molar-refractivity contribution in [2.75, 3.05) is 5.32 Å². The molecule has 9 aromatic carbocycles. The number of anilines is 1. The van der Waals surface area contributed by atoms with Gasteiger partial charge in [-0.15, -0.1) is 0 Å². The molecule has 0 unspecified atom stereocenters. The quantitative estimate of drug-likeness (QED) is 0.126. The van der Waals surface area contributed by atoms with E-state index in [-0.39, 0.29) is 5.54 Å². The predicted molar refractivity (Wildman–Crippen MR) is 225 cm³/mol. The van der Waals surface area contributed by atoms with Crippen molar-refractivity contribution < 1.29 is 0 Å². The van der Waals surface area contributed by atoms with Crippen molar-refractivity contribution in [2.45, 2.75) is 32.2 Å². The van der Waals surface area contributed by atoms with Crippen molar-refractivity contribution in [1.82, 2.24) is 0 Å². The Morgan fingerprint density at radius 1 is 0.385 bits per heavy atom. The van der Waals surface area contributed by atoms with E-state index in [0.29, 0.717) is 0 Å². The Bertz CT molecular complexity index is 2640. The maximum atomic E-state index is 3.97. The van der Waals surface area contributed by atoms with Crippen LogP contribution < -0.4 is 5.32 Å². The molecule has 0 spiro atoms. The fourth-order valence-electron chi connectivity index (χ4n) is 8.35. The van der Waals surface area contributed by atoms with Gasteiger partial charge in [0.05, 0.1) is 5.54 Å². The minimum Gasteiger partial charge on any atom is -0.376 e. The summed E-state index contributed by atoms with van der Waals surface area (Å²) in [5, 5.41) is 14.2. The van der Waals surface area contributed by atoms with E-state index in [9.17, 15) is 0 Å². The molecule has 0 bridgehead atoms. The first-order valence-corrected chi connectivity index (χ1v) is 18.5. The normalized spacial score (nSPS) is 11.8. The minimum absolute atomic E-state index is 0.172. The highest BCUT2D eigenvalue weighted by atomic mass is 15.0. The molecule has 0 atom stereocenters. The minimum atomic E-state index is -0.172. The fourth-order valence-corrected chi connectivity index (χ4v) is 8.35. The molecule has 0 aliphatic heterocycles. The monoisotopic (exact) mass is 667 g/mol. The van der Waals surface area contributed by atoms with Crippen molar-refractivity contribution >= 4 is 48.8 Å². The third kappa shape index (κ3) is 5.50. The lowest BCUT2D eigenvalue weighted by molar-refractivity contribution is 0.455. The third-order valence-electron chi connectivity index (χ3n) is 11.3. The van der Waals surface area contributed by atoms with Crippen LogP contribution in [0.2, 0.25) is 0 Å². The number of rotatable bonds is 8. The van der Waals surface area contributed by atoms with Crippen molar-refractivity contribution in [3.8, 4) is 33.4 Å². The second kappa shape index (κ2) is 13.2. The number of nitrogens with one attached hydrogen (secondary N) is 1. The van der Waals surface area contributed by atoms with E-state index in [2.05, 4.69) is 201 Å². The average molecular weight is 668 g/mol. The van der Waals surface area contributed by atoms with Crippen LogP contribution in [-0.4, -0.2) is 0 Å². The van der Waals surface area contributed by atoms with E-state index in [1.165, 1.54) is 82.0 Å². The van der Waals surface area contributed by atoms with E-state index in [1.54, 1.807) is 0 Å². The van der Waals surface area contributed by atoms with Gasteiger partial charge in [-0.1, -0.05) is 172 Å². The summed E-state index contributed by atoms with van der Waals surface area (Å²) in [6.07, 6.45) is 1.96. The lowest BCUT2D eigenvalue weighted by Crippen LogP contribution is -2.34. The Hall–Kier alpha value is -6.18. The van der Waals surface area contributed by atoms with Gasteiger partial charge in [0.25, 0.3) is 0 Å². The zero-order valence-corrected chi connectivity index (χ0v) is 29.7. The van der Waals surface area contributed by atoms with Crippen LogP contribution in [0.4, 0.5) is 5.69 Å². The first-order chi connectivity index (χ1) is 25.6. The summed E-state index contributed by atoms with van der Waals surface area (Å²) >= 11 is 0. The molecule has 0 aromatic heterocycles. The van der Waals surface area contributed by atoms with Crippen molar-refractivity contribution in [2.24, 2.45) is 0 Å². The van der Waals surface area contributed by atoms with Crippen LogP contribution in [0.25, 0.3) is 76.5 Å². The van der Waals surface area contributed by atoms with E-state index < -0.39 is 0 Å². The van der Waals surface area contributed by atoms with Crippen LogP contribution in [0.3, 0.4) is 0 Å². The second-order valence-electron chi connectivity index (χ2n) is 14.0. The maximum absolute atomic E-state index is 3.97. The topological polar surface area (TPSA) is 12.0 Å². The lowest BCUT2D eigenvalue weighted by Gasteiger charge is -2.35. The molecular formula is C51H41N. The van der Waals surface area contributed by atoms with Crippen LogP contribution >= 0.6 is 0 Å². The highest BCUT2D eigenvalue weighted by Crippen LogP contribution is 2.40. The summed E-state index contributed by atoms with van der Waals surface area (Å²) < 4.78 is 0. The molecule has 0 amide bonds. The number of hydrogen-bond acceptors (Lipinski definition) is 1. The molecule has 0 aliphatic rings. The molecule has 1 N–H and O–H groups in total. The van der Waals surface area contributed by atoms with Gasteiger partial charge in [-0.05, 0) is 119 Å². The summed E-state index contributed by atoms with van der Waals surface area (Å²) in [7, 11) is 0. The molecule has 0 radical (unpaired) electrons. The van der Waals surface area contributed by atoms with E-state index in [1.807, 2.05) is 0 Å². The van der Waals surface area contributed by atoms with Gasteiger partial charge < -0.3 is 5.32 Å². The maximum Gasteiger partial charge on any atom is 0.0620 e. The summed E-state index contributed by atoms with van der Waals surface area (Å²) in [5.41, 5.74) is 9.78.